The Kier molecular flexibility index (Phi) is 6.25. The number of amides is 1. The maximum absolute atomic E-state index is 12.6. The van der Waals surface area contributed by atoms with Crippen LogP contribution in [-0.4, -0.2) is 31.7 Å². The van der Waals surface area contributed by atoms with E-state index in [9.17, 15) is 13.2 Å². The lowest BCUT2D eigenvalue weighted by Crippen LogP contribution is -2.28. The van der Waals surface area contributed by atoms with Gasteiger partial charge in [-0.25, -0.2) is 8.42 Å². The van der Waals surface area contributed by atoms with Crippen LogP contribution in [-0.2, 0) is 21.2 Å². The van der Waals surface area contributed by atoms with E-state index >= 15 is 0 Å². The highest BCUT2D eigenvalue weighted by atomic mass is 32.2. The molecule has 1 aromatic carbocycles. The zero-order chi connectivity index (χ0) is 20.3. The van der Waals surface area contributed by atoms with E-state index in [1.54, 1.807) is 24.3 Å². The summed E-state index contributed by atoms with van der Waals surface area (Å²) < 4.78 is 32.2. The summed E-state index contributed by atoms with van der Waals surface area (Å²) in [5, 5.41) is 2.99. The number of carbonyl (C=O) groups excluding carboxylic acids is 1. The number of rotatable bonds is 7. The van der Waals surface area contributed by atoms with E-state index < -0.39 is 10.0 Å². The molecule has 1 aromatic heterocycles. The van der Waals surface area contributed by atoms with E-state index in [4.69, 9.17) is 4.42 Å². The molecule has 1 N–H and O–H groups in total. The van der Waals surface area contributed by atoms with Crippen molar-refractivity contribution in [3.63, 3.8) is 0 Å². The normalized spacial score (nSPS) is 16.2. The Hall–Kier alpha value is -2.12. The lowest BCUT2D eigenvalue weighted by atomic mass is 10.1. The summed E-state index contributed by atoms with van der Waals surface area (Å²) >= 11 is 0. The van der Waals surface area contributed by atoms with Gasteiger partial charge in [-0.15, -0.1) is 0 Å². The number of sulfonamides is 1. The fourth-order valence-electron chi connectivity index (χ4n) is 3.64. The van der Waals surface area contributed by atoms with Crippen molar-refractivity contribution in [3.8, 4) is 0 Å². The monoisotopic (exact) mass is 404 g/mol. The second-order valence-electron chi connectivity index (χ2n) is 7.41. The van der Waals surface area contributed by atoms with Gasteiger partial charge in [0, 0.05) is 25.1 Å². The topological polar surface area (TPSA) is 79.6 Å². The van der Waals surface area contributed by atoms with Crippen LogP contribution < -0.4 is 5.32 Å². The van der Waals surface area contributed by atoms with Gasteiger partial charge in [0.1, 0.15) is 11.5 Å². The molecule has 1 atom stereocenters. The Bertz CT molecular complexity index is 926. The van der Waals surface area contributed by atoms with Crippen LogP contribution in [0.3, 0.4) is 0 Å². The maximum atomic E-state index is 12.6. The number of carbonyl (C=O) groups is 1. The van der Waals surface area contributed by atoms with E-state index in [1.807, 2.05) is 26.8 Å². The van der Waals surface area contributed by atoms with Crippen LogP contribution in [0.1, 0.15) is 54.9 Å². The first kappa shape index (κ1) is 20.6. The Balaban J connectivity index is 1.54. The van der Waals surface area contributed by atoms with Crippen LogP contribution in [0.5, 0.6) is 0 Å². The fraction of sp³-hybridized carbons (Fsp3) is 0.476. The van der Waals surface area contributed by atoms with Gasteiger partial charge in [-0.05, 0) is 63.8 Å². The standard InChI is InChI=1S/C21H28N2O4S/c1-15-14-20(17(3)27-15)16(2)22-21(24)11-8-18-6-9-19(10-7-18)28(25,26)23-12-4-5-13-23/h6-7,9-10,14,16H,4-5,8,11-13H2,1-3H3,(H,22,24). The van der Waals surface area contributed by atoms with E-state index in [0.29, 0.717) is 30.8 Å². The first-order valence-electron chi connectivity index (χ1n) is 9.73. The number of hydrogen-bond acceptors (Lipinski definition) is 4. The molecule has 152 valence electrons. The van der Waals surface area contributed by atoms with E-state index in [1.165, 1.54) is 4.31 Å². The zero-order valence-electron chi connectivity index (χ0n) is 16.7. The minimum absolute atomic E-state index is 0.0421. The molecule has 1 unspecified atom stereocenters. The molecule has 1 aliphatic heterocycles. The Labute approximate surface area is 167 Å². The van der Waals surface area contributed by atoms with Gasteiger partial charge in [-0.2, -0.15) is 4.31 Å². The molecule has 1 saturated heterocycles. The SMILES string of the molecule is Cc1cc(C(C)NC(=O)CCc2ccc(S(=O)(=O)N3CCCC3)cc2)c(C)o1. The van der Waals surface area contributed by atoms with Gasteiger partial charge in [0.25, 0.3) is 0 Å². The van der Waals surface area contributed by atoms with Crippen molar-refractivity contribution in [1.82, 2.24) is 9.62 Å². The van der Waals surface area contributed by atoms with Gasteiger partial charge in [0.2, 0.25) is 15.9 Å². The van der Waals surface area contributed by atoms with Crippen molar-refractivity contribution in [2.45, 2.75) is 57.4 Å². The van der Waals surface area contributed by atoms with Crippen molar-refractivity contribution in [3.05, 3.63) is 53.0 Å². The van der Waals surface area contributed by atoms with Crippen molar-refractivity contribution in [1.29, 1.82) is 0 Å². The van der Waals surface area contributed by atoms with Crippen LogP contribution in [0.15, 0.2) is 39.6 Å². The number of nitrogens with one attached hydrogen (secondary N) is 1. The summed E-state index contributed by atoms with van der Waals surface area (Å²) in [6.45, 7) is 6.91. The van der Waals surface area contributed by atoms with Gasteiger partial charge in [0.05, 0.1) is 10.9 Å². The first-order chi connectivity index (χ1) is 13.3. The molecular weight excluding hydrogens is 376 g/mol. The van der Waals surface area contributed by atoms with Gasteiger partial charge < -0.3 is 9.73 Å². The number of hydrogen-bond donors (Lipinski definition) is 1. The molecule has 3 rings (SSSR count). The quantitative estimate of drug-likeness (QED) is 0.766. The third kappa shape index (κ3) is 4.64. The van der Waals surface area contributed by atoms with E-state index in [-0.39, 0.29) is 11.9 Å². The summed E-state index contributed by atoms with van der Waals surface area (Å²) in [4.78, 5) is 12.6. The highest BCUT2D eigenvalue weighted by molar-refractivity contribution is 7.89. The van der Waals surface area contributed by atoms with Gasteiger partial charge in [0.15, 0.2) is 0 Å². The summed E-state index contributed by atoms with van der Waals surface area (Å²) in [6, 6.07) is 8.70. The van der Waals surface area contributed by atoms with Crippen LogP contribution >= 0.6 is 0 Å². The van der Waals surface area contributed by atoms with Gasteiger partial charge in [-0.1, -0.05) is 12.1 Å². The second kappa shape index (κ2) is 8.49. The Morgan fingerprint density at radius 2 is 1.82 bits per heavy atom. The van der Waals surface area contributed by atoms with Crippen LogP contribution in [0, 0.1) is 13.8 Å². The average Bonchev–Trinajstić information content (AvgIpc) is 3.30. The summed E-state index contributed by atoms with van der Waals surface area (Å²) in [7, 11) is -3.39. The summed E-state index contributed by atoms with van der Waals surface area (Å²) in [6.07, 6.45) is 2.75. The summed E-state index contributed by atoms with van der Waals surface area (Å²) in [5.41, 5.74) is 1.93. The smallest absolute Gasteiger partial charge is 0.243 e. The molecule has 28 heavy (non-hydrogen) atoms. The summed E-state index contributed by atoms with van der Waals surface area (Å²) in [5.74, 6) is 1.61. The molecule has 1 fully saturated rings. The predicted molar refractivity (Wildman–Crippen MR) is 107 cm³/mol. The molecule has 0 aliphatic carbocycles. The second-order valence-corrected chi connectivity index (χ2v) is 9.35. The molecule has 1 aliphatic rings. The van der Waals surface area contributed by atoms with Crippen LogP contribution in [0.4, 0.5) is 0 Å². The molecule has 0 saturated carbocycles. The van der Waals surface area contributed by atoms with Crippen LogP contribution in [0.2, 0.25) is 0 Å². The number of furan rings is 1. The minimum Gasteiger partial charge on any atom is -0.466 e. The largest absolute Gasteiger partial charge is 0.466 e. The predicted octanol–water partition coefficient (Wildman–Crippen LogP) is 3.49. The molecule has 0 radical (unpaired) electrons. The highest BCUT2D eigenvalue weighted by Gasteiger charge is 2.26. The van der Waals surface area contributed by atoms with Gasteiger partial charge >= 0.3 is 0 Å². The molecular formula is C21H28N2O4S. The molecule has 2 aromatic rings. The zero-order valence-corrected chi connectivity index (χ0v) is 17.5. The van der Waals surface area contributed by atoms with Crippen molar-refractivity contribution in [2.75, 3.05) is 13.1 Å². The molecule has 2 heterocycles. The van der Waals surface area contributed by atoms with E-state index in [0.717, 1.165) is 35.5 Å². The molecule has 7 heteroatoms. The lowest BCUT2D eigenvalue weighted by molar-refractivity contribution is -0.121. The minimum atomic E-state index is -3.39. The third-order valence-corrected chi connectivity index (χ3v) is 7.10. The van der Waals surface area contributed by atoms with Crippen molar-refractivity contribution in [2.24, 2.45) is 0 Å². The van der Waals surface area contributed by atoms with E-state index in [2.05, 4.69) is 5.32 Å². The molecule has 0 bridgehead atoms. The van der Waals surface area contributed by atoms with Gasteiger partial charge in [-0.3, -0.25) is 4.79 Å². The highest BCUT2D eigenvalue weighted by Crippen LogP contribution is 2.22. The third-order valence-electron chi connectivity index (χ3n) is 5.19. The molecule has 0 spiro atoms. The average molecular weight is 405 g/mol. The first-order valence-corrected chi connectivity index (χ1v) is 11.2. The molecule has 1 amide bonds. The molecule has 6 nitrogen and oxygen atoms in total. The Morgan fingerprint density at radius 3 is 2.39 bits per heavy atom. The van der Waals surface area contributed by atoms with Crippen LogP contribution in [0.25, 0.3) is 0 Å². The van der Waals surface area contributed by atoms with Crippen molar-refractivity contribution < 1.29 is 17.6 Å². The maximum Gasteiger partial charge on any atom is 0.243 e. The Morgan fingerprint density at radius 1 is 1.18 bits per heavy atom. The number of benzene rings is 1. The number of aryl methyl sites for hydroxylation is 3. The van der Waals surface area contributed by atoms with Crippen molar-refractivity contribution >= 4 is 15.9 Å². The number of nitrogens with zero attached hydrogens (tertiary/aromatic N) is 1. The fourth-order valence-corrected chi connectivity index (χ4v) is 5.15. The lowest BCUT2D eigenvalue weighted by Gasteiger charge is -2.16.